The molecule has 30 heavy (non-hydrogen) atoms. The van der Waals surface area contributed by atoms with Gasteiger partial charge in [0.05, 0.1) is 26.4 Å². The van der Waals surface area contributed by atoms with Crippen molar-refractivity contribution in [2.45, 2.75) is 6.04 Å². The molecule has 0 aliphatic carbocycles. The van der Waals surface area contributed by atoms with Crippen molar-refractivity contribution in [3.63, 3.8) is 0 Å². The molecule has 2 aromatic carbocycles. The number of nitrogens with zero attached hydrogens (tertiary/aromatic N) is 2. The number of morpholine rings is 1. The van der Waals surface area contributed by atoms with E-state index in [0.29, 0.717) is 38.6 Å². The van der Waals surface area contributed by atoms with E-state index in [9.17, 15) is 14.4 Å². The second-order valence-corrected chi connectivity index (χ2v) is 6.87. The van der Waals surface area contributed by atoms with Crippen LogP contribution in [0.3, 0.4) is 0 Å². The van der Waals surface area contributed by atoms with Gasteiger partial charge in [-0.25, -0.2) is 4.39 Å². The molecule has 0 saturated carbocycles. The second kappa shape index (κ2) is 10.5. The standard InChI is InChI=1S/C23H24FN3O3/c1-29-21-8-2-17(3-9-21)14-19(15-25)23(28)26-16-22(27-10-12-30-13-11-27)18-4-6-20(24)7-5-18/h2-9,14,22H,10-13,16H2,1H3,(H,26,28)/b19-14+. The molecule has 0 bridgehead atoms. The van der Waals surface area contributed by atoms with Gasteiger partial charge in [0.1, 0.15) is 23.2 Å². The fraction of sp³-hybridized carbons (Fsp3) is 0.304. The number of ether oxygens (including phenoxy) is 2. The average Bonchev–Trinajstić information content (AvgIpc) is 2.79. The third-order valence-electron chi connectivity index (χ3n) is 4.99. The summed E-state index contributed by atoms with van der Waals surface area (Å²) in [5.41, 5.74) is 1.64. The lowest BCUT2D eigenvalue weighted by Gasteiger charge is -2.34. The molecule has 1 amide bonds. The summed E-state index contributed by atoms with van der Waals surface area (Å²) in [5.74, 6) is -0.0610. The zero-order valence-electron chi connectivity index (χ0n) is 16.8. The number of nitrogens with one attached hydrogen (secondary N) is 1. The maximum absolute atomic E-state index is 13.4. The third kappa shape index (κ3) is 5.66. The third-order valence-corrected chi connectivity index (χ3v) is 4.99. The van der Waals surface area contributed by atoms with Crippen LogP contribution in [0, 0.1) is 17.1 Å². The molecule has 1 unspecified atom stereocenters. The number of carbonyl (C=O) groups excluding carboxylic acids is 1. The Kier molecular flexibility index (Phi) is 7.55. The molecule has 3 rings (SSSR count). The van der Waals surface area contributed by atoms with Crippen molar-refractivity contribution in [3.8, 4) is 11.8 Å². The predicted octanol–water partition coefficient (Wildman–Crippen LogP) is 2.93. The van der Waals surface area contributed by atoms with Crippen molar-refractivity contribution in [1.29, 1.82) is 5.26 Å². The molecule has 156 valence electrons. The van der Waals surface area contributed by atoms with Crippen molar-refractivity contribution in [1.82, 2.24) is 10.2 Å². The molecule has 1 aliphatic rings. The van der Waals surface area contributed by atoms with Gasteiger partial charge in [-0.2, -0.15) is 5.26 Å². The van der Waals surface area contributed by atoms with E-state index in [1.165, 1.54) is 18.2 Å². The first-order valence-electron chi connectivity index (χ1n) is 9.72. The van der Waals surface area contributed by atoms with Gasteiger partial charge in [-0.1, -0.05) is 24.3 Å². The average molecular weight is 409 g/mol. The van der Waals surface area contributed by atoms with Gasteiger partial charge in [0.25, 0.3) is 5.91 Å². The van der Waals surface area contributed by atoms with E-state index in [4.69, 9.17) is 9.47 Å². The summed E-state index contributed by atoms with van der Waals surface area (Å²) in [5, 5.41) is 12.3. The van der Waals surface area contributed by atoms with Gasteiger partial charge in [0.2, 0.25) is 0 Å². The summed E-state index contributed by atoms with van der Waals surface area (Å²) in [7, 11) is 1.57. The van der Waals surface area contributed by atoms with Gasteiger partial charge >= 0.3 is 0 Å². The number of hydrogen-bond donors (Lipinski definition) is 1. The van der Waals surface area contributed by atoms with Gasteiger partial charge in [-0.05, 0) is 41.5 Å². The zero-order valence-corrected chi connectivity index (χ0v) is 16.8. The van der Waals surface area contributed by atoms with E-state index < -0.39 is 5.91 Å². The van der Waals surface area contributed by atoms with Crippen LogP contribution in [0.25, 0.3) is 6.08 Å². The molecular formula is C23H24FN3O3. The number of amides is 1. The number of carbonyl (C=O) groups is 1. The minimum absolute atomic E-state index is 0.0139. The molecule has 1 N–H and O–H groups in total. The van der Waals surface area contributed by atoms with E-state index in [0.717, 1.165) is 11.1 Å². The van der Waals surface area contributed by atoms with Crippen LogP contribution in [0.15, 0.2) is 54.1 Å². The van der Waals surface area contributed by atoms with Crippen LogP contribution in [-0.2, 0) is 9.53 Å². The summed E-state index contributed by atoms with van der Waals surface area (Å²) < 4.78 is 23.9. The molecule has 7 heteroatoms. The normalized spacial score (nSPS) is 15.8. The van der Waals surface area contributed by atoms with Gasteiger partial charge in [-0.3, -0.25) is 9.69 Å². The quantitative estimate of drug-likeness (QED) is 0.562. The number of rotatable bonds is 7. The topological polar surface area (TPSA) is 74.6 Å². The summed E-state index contributed by atoms with van der Waals surface area (Å²) in [6.45, 7) is 2.93. The Morgan fingerprint density at radius 1 is 1.23 bits per heavy atom. The van der Waals surface area contributed by atoms with Crippen LogP contribution in [0.4, 0.5) is 4.39 Å². The lowest BCUT2D eigenvalue weighted by Crippen LogP contribution is -2.44. The maximum Gasteiger partial charge on any atom is 0.262 e. The molecule has 1 saturated heterocycles. The number of halogens is 1. The number of methoxy groups -OCH3 is 1. The molecule has 0 aromatic heterocycles. The molecule has 0 radical (unpaired) electrons. The Morgan fingerprint density at radius 3 is 2.50 bits per heavy atom. The highest BCUT2D eigenvalue weighted by atomic mass is 19.1. The molecule has 1 fully saturated rings. The Morgan fingerprint density at radius 2 is 1.90 bits per heavy atom. The van der Waals surface area contributed by atoms with E-state index in [-0.39, 0.29) is 17.4 Å². The summed E-state index contributed by atoms with van der Waals surface area (Å²) >= 11 is 0. The fourth-order valence-electron chi connectivity index (χ4n) is 3.33. The Labute approximate surface area is 175 Å². The Balaban J connectivity index is 1.72. The van der Waals surface area contributed by atoms with Crippen LogP contribution >= 0.6 is 0 Å². The first kappa shape index (κ1) is 21.5. The first-order valence-corrected chi connectivity index (χ1v) is 9.72. The maximum atomic E-state index is 13.4. The van der Waals surface area contributed by atoms with Crippen LogP contribution in [0.1, 0.15) is 17.2 Å². The van der Waals surface area contributed by atoms with Crippen LogP contribution in [0.2, 0.25) is 0 Å². The molecule has 1 heterocycles. The summed E-state index contributed by atoms with van der Waals surface area (Å²) in [4.78, 5) is 14.8. The molecule has 1 atom stereocenters. The highest BCUT2D eigenvalue weighted by Gasteiger charge is 2.24. The lowest BCUT2D eigenvalue weighted by molar-refractivity contribution is -0.117. The van der Waals surface area contributed by atoms with E-state index in [1.54, 1.807) is 43.5 Å². The molecule has 2 aromatic rings. The smallest absolute Gasteiger partial charge is 0.262 e. The van der Waals surface area contributed by atoms with Crippen LogP contribution in [0.5, 0.6) is 5.75 Å². The highest BCUT2D eigenvalue weighted by Crippen LogP contribution is 2.22. The Hall–Kier alpha value is -3.21. The van der Waals surface area contributed by atoms with Crippen molar-refractivity contribution in [2.24, 2.45) is 0 Å². The Bertz CT molecular complexity index is 914. The number of nitriles is 1. The van der Waals surface area contributed by atoms with E-state index in [2.05, 4.69) is 10.2 Å². The molecule has 6 nitrogen and oxygen atoms in total. The molecule has 1 aliphatic heterocycles. The highest BCUT2D eigenvalue weighted by molar-refractivity contribution is 6.01. The lowest BCUT2D eigenvalue weighted by atomic mass is 10.0. The summed E-state index contributed by atoms with van der Waals surface area (Å²) in [6.07, 6.45) is 1.54. The van der Waals surface area contributed by atoms with Gasteiger partial charge in [-0.15, -0.1) is 0 Å². The SMILES string of the molecule is COc1ccc(/C=C(\C#N)C(=O)NCC(c2ccc(F)cc2)N2CCOCC2)cc1. The van der Waals surface area contributed by atoms with Crippen molar-refractivity contribution >= 4 is 12.0 Å². The second-order valence-electron chi connectivity index (χ2n) is 6.87. The van der Waals surface area contributed by atoms with Crippen LogP contribution < -0.4 is 10.1 Å². The minimum atomic E-state index is -0.450. The number of hydrogen-bond acceptors (Lipinski definition) is 5. The summed E-state index contributed by atoms with van der Waals surface area (Å²) in [6, 6.07) is 15.2. The van der Waals surface area contributed by atoms with Gasteiger partial charge in [0, 0.05) is 19.6 Å². The fourth-order valence-corrected chi connectivity index (χ4v) is 3.33. The van der Waals surface area contributed by atoms with Crippen molar-refractivity contribution in [2.75, 3.05) is 40.0 Å². The van der Waals surface area contributed by atoms with Gasteiger partial charge in [0.15, 0.2) is 0 Å². The van der Waals surface area contributed by atoms with Gasteiger partial charge < -0.3 is 14.8 Å². The number of benzene rings is 2. The molecule has 0 spiro atoms. The molecular weight excluding hydrogens is 385 g/mol. The van der Waals surface area contributed by atoms with Crippen molar-refractivity contribution in [3.05, 3.63) is 71.0 Å². The first-order chi connectivity index (χ1) is 14.6. The van der Waals surface area contributed by atoms with Crippen molar-refractivity contribution < 1.29 is 18.7 Å². The van der Waals surface area contributed by atoms with E-state index in [1.807, 2.05) is 6.07 Å². The zero-order chi connectivity index (χ0) is 21.3. The van der Waals surface area contributed by atoms with E-state index >= 15 is 0 Å². The predicted molar refractivity (Wildman–Crippen MR) is 111 cm³/mol. The monoisotopic (exact) mass is 409 g/mol. The minimum Gasteiger partial charge on any atom is -0.497 e. The largest absolute Gasteiger partial charge is 0.497 e. The van der Waals surface area contributed by atoms with Crippen LogP contribution in [-0.4, -0.2) is 50.8 Å².